The summed E-state index contributed by atoms with van der Waals surface area (Å²) in [7, 11) is 0. The first-order valence-electron chi connectivity index (χ1n) is 11.0. The molecule has 1 aliphatic rings. The second kappa shape index (κ2) is 10.6. The van der Waals surface area contributed by atoms with Crippen molar-refractivity contribution in [3.05, 3.63) is 41.1 Å². The molecule has 10 heteroatoms. The SMILES string of the molecule is CC(C)Oc1ccc(CC(=O)c2c(C(C)C)n[nH]c2O[C@@H]2O[C@H](CO)[C@@H](O)[C@H](O)[C@H]2O)cc1. The van der Waals surface area contributed by atoms with Gasteiger partial charge in [0.15, 0.2) is 5.78 Å². The summed E-state index contributed by atoms with van der Waals surface area (Å²) >= 11 is 0. The van der Waals surface area contributed by atoms with Crippen molar-refractivity contribution >= 4 is 5.78 Å². The van der Waals surface area contributed by atoms with Crippen LogP contribution in [0.3, 0.4) is 0 Å². The number of rotatable bonds is 9. The quantitative estimate of drug-likeness (QED) is 0.341. The number of hydrogen-bond acceptors (Lipinski definition) is 9. The number of aliphatic hydroxyl groups excluding tert-OH is 4. The van der Waals surface area contributed by atoms with Crippen LogP contribution in [0.1, 0.15) is 55.2 Å². The van der Waals surface area contributed by atoms with E-state index in [9.17, 15) is 25.2 Å². The van der Waals surface area contributed by atoms with Crippen molar-refractivity contribution in [3.63, 3.8) is 0 Å². The third kappa shape index (κ3) is 5.71. The molecular weight excluding hydrogens is 432 g/mol. The Morgan fingerprint density at radius 2 is 1.76 bits per heavy atom. The molecule has 3 rings (SSSR count). The first-order valence-corrected chi connectivity index (χ1v) is 11.0. The van der Waals surface area contributed by atoms with Gasteiger partial charge in [0.25, 0.3) is 0 Å². The summed E-state index contributed by atoms with van der Waals surface area (Å²) in [5.74, 6) is 0.325. The number of nitrogens with one attached hydrogen (secondary N) is 1. The van der Waals surface area contributed by atoms with Crippen LogP contribution in [-0.4, -0.2) is 79.8 Å². The molecule has 0 aliphatic carbocycles. The zero-order valence-corrected chi connectivity index (χ0v) is 19.1. The van der Waals surface area contributed by atoms with Gasteiger partial charge in [-0.25, -0.2) is 5.10 Å². The second-order valence-electron chi connectivity index (χ2n) is 8.69. The van der Waals surface area contributed by atoms with Gasteiger partial charge in [-0.3, -0.25) is 4.79 Å². The molecule has 0 radical (unpaired) electrons. The van der Waals surface area contributed by atoms with Crippen molar-refractivity contribution in [1.29, 1.82) is 0 Å². The highest BCUT2D eigenvalue weighted by atomic mass is 16.7. The number of aromatic nitrogens is 2. The van der Waals surface area contributed by atoms with Crippen molar-refractivity contribution in [3.8, 4) is 11.6 Å². The monoisotopic (exact) mass is 464 g/mol. The van der Waals surface area contributed by atoms with E-state index < -0.39 is 37.3 Å². The van der Waals surface area contributed by atoms with Gasteiger partial charge >= 0.3 is 0 Å². The molecule has 0 unspecified atom stereocenters. The second-order valence-corrected chi connectivity index (χ2v) is 8.69. The lowest BCUT2D eigenvalue weighted by Crippen LogP contribution is -2.60. The number of hydrogen-bond donors (Lipinski definition) is 5. The number of ketones is 1. The predicted molar refractivity (Wildman–Crippen MR) is 117 cm³/mol. The Morgan fingerprint density at radius 3 is 2.33 bits per heavy atom. The van der Waals surface area contributed by atoms with Crippen molar-refractivity contribution in [2.75, 3.05) is 6.61 Å². The Balaban J connectivity index is 1.82. The van der Waals surface area contributed by atoms with Crippen LogP contribution < -0.4 is 9.47 Å². The topological polar surface area (TPSA) is 154 Å². The standard InChI is InChI=1S/C23H32N2O8/c1-11(2)18-17(15(27)9-13-5-7-14(8-6-13)31-12(3)4)22(25-24-18)33-23-21(30)20(29)19(28)16(10-26)32-23/h5-8,11-12,16,19-21,23,26,28-30H,9-10H2,1-4H3,(H,24,25)/t16-,19-,20+,21-,23+/m1/s1. The molecule has 0 amide bonds. The Labute approximate surface area is 192 Å². The Morgan fingerprint density at radius 1 is 1.09 bits per heavy atom. The van der Waals surface area contributed by atoms with Crippen molar-refractivity contribution in [2.24, 2.45) is 0 Å². The predicted octanol–water partition coefficient (Wildman–Crippen LogP) is 0.924. The third-order valence-corrected chi connectivity index (χ3v) is 5.33. The van der Waals surface area contributed by atoms with Gasteiger partial charge in [-0.15, -0.1) is 0 Å². The summed E-state index contributed by atoms with van der Waals surface area (Å²) in [6.07, 6.45) is -7.16. The Hall–Kier alpha value is -2.50. The molecule has 5 N–H and O–H groups in total. The maximum Gasteiger partial charge on any atom is 0.231 e. The number of Topliss-reactive ketones (excluding diaryl/α,β-unsaturated/α-hetero) is 1. The van der Waals surface area contributed by atoms with Gasteiger partial charge in [-0.05, 0) is 37.5 Å². The largest absolute Gasteiger partial charge is 0.491 e. The number of aromatic amines is 1. The molecule has 1 saturated heterocycles. The molecule has 5 atom stereocenters. The highest BCUT2D eigenvalue weighted by Crippen LogP contribution is 2.30. The van der Waals surface area contributed by atoms with Gasteiger partial charge in [0.1, 0.15) is 35.7 Å². The molecule has 0 bridgehead atoms. The zero-order valence-electron chi connectivity index (χ0n) is 19.1. The number of carbonyl (C=O) groups excluding carboxylic acids is 1. The van der Waals surface area contributed by atoms with Crippen LogP contribution in [-0.2, 0) is 11.2 Å². The lowest BCUT2D eigenvalue weighted by atomic mass is 9.98. The van der Waals surface area contributed by atoms with Gasteiger partial charge in [-0.2, -0.15) is 5.10 Å². The van der Waals surface area contributed by atoms with Crippen LogP contribution in [0.15, 0.2) is 24.3 Å². The number of H-pyrrole nitrogens is 1. The lowest BCUT2D eigenvalue weighted by Gasteiger charge is -2.39. The van der Waals surface area contributed by atoms with Crippen LogP contribution >= 0.6 is 0 Å². The minimum Gasteiger partial charge on any atom is -0.491 e. The van der Waals surface area contributed by atoms with E-state index in [0.29, 0.717) is 11.4 Å². The van der Waals surface area contributed by atoms with Gasteiger partial charge in [0, 0.05) is 6.42 Å². The van der Waals surface area contributed by atoms with E-state index in [-0.39, 0.29) is 35.7 Å². The summed E-state index contributed by atoms with van der Waals surface area (Å²) in [5.41, 5.74) is 1.47. The molecule has 10 nitrogen and oxygen atoms in total. The molecule has 2 aromatic rings. The van der Waals surface area contributed by atoms with Crippen molar-refractivity contribution in [1.82, 2.24) is 10.2 Å². The number of benzene rings is 1. The van der Waals surface area contributed by atoms with Crippen molar-refractivity contribution < 1.29 is 39.4 Å². The molecular formula is C23H32N2O8. The average molecular weight is 465 g/mol. The van der Waals surface area contributed by atoms with Gasteiger partial charge in [0.05, 0.1) is 18.4 Å². The first kappa shape index (κ1) is 25.1. The summed E-state index contributed by atoms with van der Waals surface area (Å²) in [6.45, 7) is 7.03. The van der Waals surface area contributed by atoms with E-state index in [4.69, 9.17) is 14.2 Å². The average Bonchev–Trinajstić information content (AvgIpc) is 3.19. The summed E-state index contributed by atoms with van der Waals surface area (Å²) in [5, 5.41) is 46.5. The summed E-state index contributed by atoms with van der Waals surface area (Å²) in [4.78, 5) is 13.2. The van der Waals surface area contributed by atoms with Gasteiger partial charge in [-0.1, -0.05) is 26.0 Å². The third-order valence-electron chi connectivity index (χ3n) is 5.33. The highest BCUT2D eigenvalue weighted by Gasteiger charge is 2.45. The maximum atomic E-state index is 13.2. The van der Waals surface area contributed by atoms with E-state index >= 15 is 0 Å². The van der Waals surface area contributed by atoms with E-state index in [1.54, 1.807) is 12.1 Å². The van der Waals surface area contributed by atoms with E-state index in [0.717, 1.165) is 5.56 Å². The van der Waals surface area contributed by atoms with E-state index in [2.05, 4.69) is 10.2 Å². The molecule has 1 aliphatic heterocycles. The van der Waals surface area contributed by atoms with Gasteiger partial charge in [0.2, 0.25) is 12.2 Å². The highest BCUT2D eigenvalue weighted by molar-refractivity contribution is 6.00. The normalized spacial score (nSPS) is 25.5. The van der Waals surface area contributed by atoms with Crippen LogP contribution in [0.25, 0.3) is 0 Å². The minimum absolute atomic E-state index is 0.0206. The number of carbonyl (C=O) groups is 1. The van der Waals surface area contributed by atoms with Gasteiger partial charge < -0.3 is 34.6 Å². The van der Waals surface area contributed by atoms with E-state index in [1.165, 1.54) is 0 Å². The molecule has 0 spiro atoms. The fourth-order valence-electron chi connectivity index (χ4n) is 3.62. The fourth-order valence-corrected chi connectivity index (χ4v) is 3.62. The number of ether oxygens (including phenoxy) is 3. The van der Waals surface area contributed by atoms with Crippen LogP contribution in [0, 0.1) is 0 Å². The summed E-state index contributed by atoms with van der Waals surface area (Å²) in [6, 6.07) is 7.21. The molecule has 1 fully saturated rings. The molecule has 1 aromatic heterocycles. The Kier molecular flexibility index (Phi) is 8.09. The van der Waals surface area contributed by atoms with Crippen molar-refractivity contribution in [2.45, 2.75) is 76.8 Å². The minimum atomic E-state index is -1.61. The van der Waals surface area contributed by atoms with Crippen LogP contribution in [0.2, 0.25) is 0 Å². The number of aliphatic hydroxyl groups is 4. The molecule has 182 valence electrons. The summed E-state index contributed by atoms with van der Waals surface area (Å²) < 4.78 is 16.7. The smallest absolute Gasteiger partial charge is 0.231 e. The molecule has 2 heterocycles. The molecule has 0 saturated carbocycles. The number of nitrogens with zero attached hydrogens (tertiary/aromatic N) is 1. The molecule has 33 heavy (non-hydrogen) atoms. The zero-order chi connectivity index (χ0) is 24.3. The lowest BCUT2D eigenvalue weighted by molar-refractivity contribution is -0.278. The van der Waals surface area contributed by atoms with Crippen LogP contribution in [0.4, 0.5) is 0 Å². The van der Waals surface area contributed by atoms with E-state index in [1.807, 2.05) is 39.8 Å². The molecule has 1 aromatic carbocycles. The first-order chi connectivity index (χ1) is 15.6. The maximum absolute atomic E-state index is 13.2. The van der Waals surface area contributed by atoms with Crippen LogP contribution in [0.5, 0.6) is 11.6 Å². The Bertz CT molecular complexity index is 925. The fraction of sp³-hybridized carbons (Fsp3) is 0.565.